The van der Waals surface area contributed by atoms with Gasteiger partial charge >= 0.3 is 0 Å². The number of hydrogen-bond donors (Lipinski definition) is 1. The number of carbonyl (C=O) groups excluding carboxylic acids is 1. The van der Waals surface area contributed by atoms with Gasteiger partial charge in [0.05, 0.1) is 23.6 Å². The van der Waals surface area contributed by atoms with Crippen LogP contribution < -0.4 is 5.32 Å². The van der Waals surface area contributed by atoms with Gasteiger partial charge in [-0.3, -0.25) is 13.9 Å². The van der Waals surface area contributed by atoms with Crippen molar-refractivity contribution in [3.05, 3.63) is 48.2 Å². The minimum absolute atomic E-state index is 0.213. The van der Waals surface area contributed by atoms with Crippen molar-refractivity contribution in [3.8, 4) is 6.07 Å². The zero-order valence-corrected chi connectivity index (χ0v) is 13.4. The van der Waals surface area contributed by atoms with E-state index in [9.17, 15) is 4.79 Å². The molecule has 0 saturated carbocycles. The number of fused-ring (bicyclic) bond motifs is 1. The molecule has 1 N–H and O–H groups in total. The first-order valence-electron chi connectivity index (χ1n) is 7.83. The van der Waals surface area contributed by atoms with E-state index in [1.807, 2.05) is 31.3 Å². The van der Waals surface area contributed by atoms with Gasteiger partial charge in [0.1, 0.15) is 11.3 Å². The molecule has 0 fully saturated rings. The van der Waals surface area contributed by atoms with E-state index < -0.39 is 0 Å². The van der Waals surface area contributed by atoms with Crippen molar-refractivity contribution in [2.24, 2.45) is 0 Å². The minimum Gasteiger partial charge on any atom is -0.318 e. The second kappa shape index (κ2) is 6.96. The maximum absolute atomic E-state index is 12.6. The number of imidazole rings is 1. The molecule has 0 spiro atoms. The van der Waals surface area contributed by atoms with Crippen LogP contribution in [0.2, 0.25) is 0 Å². The number of amides is 1. The highest BCUT2D eigenvalue weighted by Gasteiger charge is 2.16. The Kier molecular flexibility index (Phi) is 4.57. The molecule has 24 heavy (non-hydrogen) atoms. The number of aryl methyl sites for hydroxylation is 2. The van der Waals surface area contributed by atoms with Gasteiger partial charge in [-0.25, -0.2) is 4.98 Å². The van der Waals surface area contributed by atoms with Crippen molar-refractivity contribution in [2.45, 2.75) is 32.7 Å². The third-order valence-electron chi connectivity index (χ3n) is 3.74. The molecule has 0 aliphatic carbocycles. The number of aromatic nitrogens is 4. The molecule has 0 saturated heterocycles. The second-order valence-corrected chi connectivity index (χ2v) is 5.54. The average Bonchev–Trinajstić information content (AvgIpc) is 3.14. The third kappa shape index (κ3) is 3.27. The average molecular weight is 322 g/mol. The summed E-state index contributed by atoms with van der Waals surface area (Å²) in [6.07, 6.45) is 7.53. The predicted molar refractivity (Wildman–Crippen MR) is 89.6 cm³/mol. The highest BCUT2D eigenvalue weighted by Crippen LogP contribution is 2.14. The molecule has 0 aromatic carbocycles. The van der Waals surface area contributed by atoms with E-state index in [0.29, 0.717) is 23.5 Å². The maximum atomic E-state index is 12.6. The topological polar surface area (TPSA) is 88.0 Å². The first-order chi connectivity index (χ1) is 11.7. The van der Waals surface area contributed by atoms with E-state index in [-0.39, 0.29) is 5.91 Å². The fourth-order valence-electron chi connectivity index (χ4n) is 2.61. The van der Waals surface area contributed by atoms with Gasteiger partial charge in [0.25, 0.3) is 5.91 Å². The lowest BCUT2D eigenvalue weighted by molar-refractivity contribution is 0.102. The Hall–Kier alpha value is -3.14. The third-order valence-corrected chi connectivity index (χ3v) is 3.74. The number of hydrogen-bond acceptors (Lipinski definition) is 4. The van der Waals surface area contributed by atoms with Crippen LogP contribution in [-0.4, -0.2) is 25.1 Å². The van der Waals surface area contributed by atoms with Crippen LogP contribution in [-0.2, 0) is 6.54 Å². The summed E-state index contributed by atoms with van der Waals surface area (Å²) in [4.78, 5) is 17.0. The minimum atomic E-state index is -0.213. The molecule has 7 heteroatoms. The molecule has 0 aliphatic heterocycles. The monoisotopic (exact) mass is 322 g/mol. The first-order valence-corrected chi connectivity index (χ1v) is 7.83. The van der Waals surface area contributed by atoms with E-state index in [2.05, 4.69) is 21.5 Å². The van der Waals surface area contributed by atoms with E-state index in [1.54, 1.807) is 21.5 Å². The fraction of sp³-hybridized carbons (Fsp3) is 0.294. The maximum Gasteiger partial charge on any atom is 0.274 e. The summed E-state index contributed by atoms with van der Waals surface area (Å²) in [7, 11) is 0. The molecule has 7 nitrogen and oxygen atoms in total. The van der Waals surface area contributed by atoms with Gasteiger partial charge < -0.3 is 5.32 Å². The molecular formula is C17H18N6O. The quantitative estimate of drug-likeness (QED) is 0.707. The molecule has 0 bridgehead atoms. The lowest BCUT2D eigenvalue weighted by Gasteiger charge is -2.03. The zero-order valence-electron chi connectivity index (χ0n) is 13.4. The number of pyridine rings is 1. The normalized spacial score (nSPS) is 10.7. The molecule has 0 unspecified atom stereocenters. The Morgan fingerprint density at radius 2 is 2.25 bits per heavy atom. The Morgan fingerprint density at radius 3 is 3.08 bits per heavy atom. The van der Waals surface area contributed by atoms with E-state index in [1.165, 1.54) is 0 Å². The van der Waals surface area contributed by atoms with Gasteiger partial charge in [0.2, 0.25) is 0 Å². The van der Waals surface area contributed by atoms with Crippen molar-refractivity contribution >= 4 is 17.2 Å². The van der Waals surface area contributed by atoms with E-state index in [0.717, 1.165) is 25.0 Å². The summed E-state index contributed by atoms with van der Waals surface area (Å²) in [5.41, 5.74) is 2.59. The van der Waals surface area contributed by atoms with Gasteiger partial charge in [-0.2, -0.15) is 10.4 Å². The summed E-state index contributed by atoms with van der Waals surface area (Å²) in [6, 6.07) is 7.74. The SMILES string of the molecule is Cc1nc2ccccn2c1C(=O)Nc1cnn(CCCCC#N)c1. The summed E-state index contributed by atoms with van der Waals surface area (Å²) in [5, 5.41) is 15.6. The van der Waals surface area contributed by atoms with Crippen LogP contribution in [0.4, 0.5) is 5.69 Å². The fourth-order valence-corrected chi connectivity index (χ4v) is 2.61. The van der Waals surface area contributed by atoms with Gasteiger partial charge in [-0.15, -0.1) is 0 Å². The van der Waals surface area contributed by atoms with Crippen LogP contribution in [0.1, 0.15) is 35.4 Å². The molecule has 3 aromatic heterocycles. The zero-order chi connectivity index (χ0) is 16.9. The molecule has 3 rings (SSSR count). The van der Waals surface area contributed by atoms with Gasteiger partial charge in [-0.05, 0) is 31.9 Å². The standard InChI is InChI=1S/C17H18N6O/c1-13-16(23-10-6-3-7-15(23)20-13)17(24)21-14-11-19-22(12-14)9-5-2-4-8-18/h3,6-7,10-12H,2,4-5,9H2,1H3,(H,21,24). The summed E-state index contributed by atoms with van der Waals surface area (Å²) >= 11 is 0. The smallest absolute Gasteiger partial charge is 0.274 e. The van der Waals surface area contributed by atoms with Crippen LogP contribution in [0.25, 0.3) is 5.65 Å². The molecule has 3 aromatic rings. The second-order valence-electron chi connectivity index (χ2n) is 5.54. The van der Waals surface area contributed by atoms with Crippen molar-refractivity contribution in [1.29, 1.82) is 5.26 Å². The van der Waals surface area contributed by atoms with Crippen LogP contribution in [0.5, 0.6) is 0 Å². The molecule has 122 valence electrons. The van der Waals surface area contributed by atoms with Crippen LogP contribution >= 0.6 is 0 Å². The number of nitriles is 1. The van der Waals surface area contributed by atoms with Crippen LogP contribution in [0, 0.1) is 18.3 Å². The van der Waals surface area contributed by atoms with Crippen molar-refractivity contribution in [2.75, 3.05) is 5.32 Å². The number of unbranched alkanes of at least 4 members (excludes halogenated alkanes) is 2. The number of carbonyl (C=O) groups is 1. The van der Waals surface area contributed by atoms with E-state index in [4.69, 9.17) is 5.26 Å². The Labute approximate surface area is 139 Å². The molecule has 3 heterocycles. The van der Waals surface area contributed by atoms with Crippen LogP contribution in [0.3, 0.4) is 0 Å². The van der Waals surface area contributed by atoms with Gasteiger partial charge in [0, 0.05) is 25.4 Å². The molecule has 0 aliphatic rings. The number of nitrogens with zero attached hydrogens (tertiary/aromatic N) is 5. The first kappa shape index (κ1) is 15.7. The van der Waals surface area contributed by atoms with Gasteiger partial charge in [0.15, 0.2) is 0 Å². The molecule has 0 radical (unpaired) electrons. The largest absolute Gasteiger partial charge is 0.318 e. The Morgan fingerprint density at radius 1 is 1.38 bits per heavy atom. The van der Waals surface area contributed by atoms with Crippen molar-refractivity contribution in [1.82, 2.24) is 19.2 Å². The van der Waals surface area contributed by atoms with Crippen LogP contribution in [0.15, 0.2) is 36.8 Å². The summed E-state index contributed by atoms with van der Waals surface area (Å²) in [6.45, 7) is 2.55. The molecule has 0 atom stereocenters. The lowest BCUT2D eigenvalue weighted by atomic mass is 10.2. The highest BCUT2D eigenvalue weighted by atomic mass is 16.2. The molecule has 1 amide bonds. The summed E-state index contributed by atoms with van der Waals surface area (Å²) in [5.74, 6) is -0.213. The summed E-state index contributed by atoms with van der Waals surface area (Å²) < 4.78 is 3.55. The molecular weight excluding hydrogens is 304 g/mol. The highest BCUT2D eigenvalue weighted by molar-refractivity contribution is 6.04. The number of rotatable bonds is 6. The van der Waals surface area contributed by atoms with E-state index >= 15 is 0 Å². The predicted octanol–water partition coefficient (Wildman–Crippen LogP) is 2.79. The van der Waals surface area contributed by atoms with Gasteiger partial charge in [-0.1, -0.05) is 6.07 Å². The Balaban J connectivity index is 1.70. The Bertz CT molecular complexity index is 901. The lowest BCUT2D eigenvalue weighted by Crippen LogP contribution is -2.15. The number of anilines is 1. The van der Waals surface area contributed by atoms with Crippen molar-refractivity contribution in [3.63, 3.8) is 0 Å². The van der Waals surface area contributed by atoms with Crippen molar-refractivity contribution < 1.29 is 4.79 Å². The number of nitrogens with one attached hydrogen (secondary N) is 1.